The molecular formula is C24H16BF6P2-. The van der Waals surface area contributed by atoms with E-state index in [4.69, 9.17) is 0 Å². The second-order valence-electron chi connectivity index (χ2n) is 7.78. The summed E-state index contributed by atoms with van der Waals surface area (Å²) in [7, 11) is 5.06. The molecule has 4 aromatic carbocycles. The van der Waals surface area contributed by atoms with E-state index in [0.29, 0.717) is 5.46 Å². The quantitative estimate of drug-likeness (QED) is 0.234. The van der Waals surface area contributed by atoms with Crippen molar-refractivity contribution in [1.29, 1.82) is 0 Å². The van der Waals surface area contributed by atoms with Crippen molar-refractivity contribution in [3.05, 3.63) is 108 Å². The van der Waals surface area contributed by atoms with Gasteiger partial charge in [0, 0.05) is 0 Å². The van der Waals surface area contributed by atoms with E-state index in [-0.39, 0.29) is 16.4 Å². The van der Waals surface area contributed by atoms with Gasteiger partial charge in [-0.05, 0) is 28.8 Å². The Kier molecular flexibility index (Phi) is 6.40. The Hall–Kier alpha value is -2.62. The SMILES string of the molecule is Fc1ccc([B-](c2ccc(F)c(F)c2)(c2ccc(F)c(F)c2)c2ccc(P)c(P)c2)cc1F. The highest BCUT2D eigenvalue weighted by Gasteiger charge is 2.34. The smallest absolute Gasteiger partial charge is 0.158 e. The molecule has 0 aromatic heterocycles. The highest BCUT2D eigenvalue weighted by Crippen LogP contribution is 2.15. The predicted molar refractivity (Wildman–Crippen MR) is 128 cm³/mol. The molecule has 0 aliphatic carbocycles. The van der Waals surface area contributed by atoms with E-state index in [9.17, 15) is 26.3 Å². The van der Waals surface area contributed by atoms with Gasteiger partial charge in [-0.25, -0.2) is 26.3 Å². The molecule has 0 saturated heterocycles. The monoisotopic (exact) mass is 491 g/mol. The van der Waals surface area contributed by atoms with E-state index in [1.807, 2.05) is 0 Å². The zero-order valence-electron chi connectivity index (χ0n) is 16.9. The lowest BCUT2D eigenvalue weighted by atomic mass is 9.13. The van der Waals surface area contributed by atoms with E-state index in [1.165, 1.54) is 18.2 Å². The van der Waals surface area contributed by atoms with Gasteiger partial charge >= 0.3 is 0 Å². The number of rotatable bonds is 4. The first-order chi connectivity index (χ1) is 15.6. The van der Waals surface area contributed by atoms with Crippen LogP contribution < -0.4 is 32.5 Å². The van der Waals surface area contributed by atoms with E-state index in [2.05, 4.69) is 18.5 Å². The minimum atomic E-state index is -2.59. The van der Waals surface area contributed by atoms with Crippen LogP contribution in [0.2, 0.25) is 0 Å². The van der Waals surface area contributed by atoms with Crippen molar-refractivity contribution in [3.63, 3.8) is 0 Å². The topological polar surface area (TPSA) is 0 Å². The first-order valence-corrected chi connectivity index (χ1v) is 11.0. The molecule has 33 heavy (non-hydrogen) atoms. The molecule has 0 aliphatic heterocycles. The van der Waals surface area contributed by atoms with Gasteiger partial charge in [0.05, 0.1) is 0 Å². The van der Waals surface area contributed by atoms with Crippen molar-refractivity contribution in [2.24, 2.45) is 0 Å². The van der Waals surface area contributed by atoms with Crippen LogP contribution in [0.1, 0.15) is 0 Å². The van der Waals surface area contributed by atoms with E-state index < -0.39 is 41.0 Å². The molecule has 0 saturated carbocycles. The van der Waals surface area contributed by atoms with Gasteiger partial charge in [-0.2, -0.15) is 21.9 Å². The van der Waals surface area contributed by atoms with Gasteiger partial charge in [-0.1, -0.05) is 54.6 Å². The van der Waals surface area contributed by atoms with Gasteiger partial charge in [0.25, 0.3) is 0 Å². The first kappa shape index (κ1) is 23.5. The van der Waals surface area contributed by atoms with E-state index in [1.54, 1.807) is 18.2 Å². The highest BCUT2D eigenvalue weighted by atomic mass is 31.0. The molecule has 9 heteroatoms. The summed E-state index contributed by atoms with van der Waals surface area (Å²) in [6, 6.07) is 14.6. The van der Waals surface area contributed by atoms with Crippen LogP contribution in [0.15, 0.2) is 72.8 Å². The molecule has 0 N–H and O–H groups in total. The van der Waals surface area contributed by atoms with Crippen molar-refractivity contribution in [2.45, 2.75) is 0 Å². The van der Waals surface area contributed by atoms with Crippen LogP contribution in [0.4, 0.5) is 26.3 Å². The maximum atomic E-state index is 14.4. The Labute approximate surface area is 191 Å². The second kappa shape index (κ2) is 8.97. The van der Waals surface area contributed by atoms with Crippen molar-refractivity contribution in [3.8, 4) is 0 Å². The number of halogens is 6. The minimum Gasteiger partial charge on any atom is -0.204 e. The summed E-state index contributed by atoms with van der Waals surface area (Å²) >= 11 is 0. The molecule has 0 heterocycles. The van der Waals surface area contributed by atoms with Crippen molar-refractivity contribution in [1.82, 2.24) is 0 Å². The predicted octanol–water partition coefficient (Wildman–Crippen LogP) is 2.90. The fourth-order valence-corrected chi connectivity index (χ4v) is 4.83. The van der Waals surface area contributed by atoms with Crippen molar-refractivity contribution >= 4 is 57.1 Å². The van der Waals surface area contributed by atoms with Crippen molar-refractivity contribution in [2.75, 3.05) is 0 Å². The maximum absolute atomic E-state index is 14.4. The third-order valence-corrected chi connectivity index (χ3v) is 7.30. The standard InChI is InChI=1S/C24H16BF6P2/c26-17-5-1-13(9-20(17)29)25(14-2-6-18(27)21(30)10-14,15-3-7-19(28)22(31)11-15)16-4-8-23(32)24(33)12-16/h1-12H,32-33H2/q-1. The molecule has 0 aliphatic rings. The van der Waals surface area contributed by atoms with Crippen LogP contribution in [0.3, 0.4) is 0 Å². The molecule has 0 nitrogen and oxygen atoms in total. The molecule has 0 bridgehead atoms. The average molecular weight is 491 g/mol. The molecular weight excluding hydrogens is 475 g/mol. The largest absolute Gasteiger partial charge is 0.204 e. The summed E-state index contributed by atoms with van der Waals surface area (Å²) in [5.41, 5.74) is 1.000. The summed E-state index contributed by atoms with van der Waals surface area (Å²) < 4.78 is 84.9. The molecule has 0 amide bonds. The minimum absolute atomic E-state index is 0.173. The lowest BCUT2D eigenvalue weighted by Crippen LogP contribution is -2.75. The number of benzene rings is 4. The summed E-state index contributed by atoms with van der Waals surface area (Å²) in [5, 5.41) is 1.53. The van der Waals surface area contributed by atoms with Crippen molar-refractivity contribution < 1.29 is 26.3 Å². The molecule has 0 fully saturated rings. The molecule has 0 spiro atoms. The van der Waals surface area contributed by atoms with E-state index >= 15 is 0 Å². The molecule has 2 atom stereocenters. The number of hydrogen-bond acceptors (Lipinski definition) is 0. The lowest BCUT2D eigenvalue weighted by Gasteiger charge is -2.44. The Balaban J connectivity index is 2.21. The Morgan fingerprint density at radius 1 is 0.394 bits per heavy atom. The summed E-state index contributed by atoms with van der Waals surface area (Å²) in [4.78, 5) is 0. The van der Waals surface area contributed by atoms with Crippen LogP contribution in [0.25, 0.3) is 0 Å². The normalized spacial score (nSPS) is 11.6. The van der Waals surface area contributed by atoms with Gasteiger partial charge in [0.15, 0.2) is 34.9 Å². The molecule has 4 aromatic rings. The molecule has 4 rings (SSSR count). The molecule has 168 valence electrons. The summed E-state index contributed by atoms with van der Waals surface area (Å²) in [6.45, 7) is 0. The summed E-state index contributed by atoms with van der Waals surface area (Å²) in [5.74, 6) is -6.82. The first-order valence-electron chi connectivity index (χ1n) is 9.82. The Morgan fingerprint density at radius 3 is 1.06 bits per heavy atom. The third-order valence-electron chi connectivity index (χ3n) is 5.94. The molecule has 2 unspecified atom stereocenters. The van der Waals surface area contributed by atoms with Crippen LogP contribution >= 0.6 is 18.5 Å². The van der Waals surface area contributed by atoms with Crippen LogP contribution in [-0.4, -0.2) is 6.15 Å². The van der Waals surface area contributed by atoms with Crippen LogP contribution in [0, 0.1) is 34.9 Å². The third kappa shape index (κ3) is 4.09. The lowest BCUT2D eigenvalue weighted by molar-refractivity contribution is 0.509. The molecule has 0 radical (unpaired) electrons. The van der Waals surface area contributed by atoms with Gasteiger partial charge in [0.2, 0.25) is 0 Å². The maximum Gasteiger partial charge on any atom is 0.158 e. The zero-order valence-corrected chi connectivity index (χ0v) is 19.2. The Bertz CT molecular complexity index is 1160. The Morgan fingerprint density at radius 2 is 0.727 bits per heavy atom. The number of hydrogen-bond donors (Lipinski definition) is 0. The van der Waals surface area contributed by atoms with Gasteiger partial charge in [-0.3, -0.25) is 0 Å². The highest BCUT2D eigenvalue weighted by molar-refractivity contribution is 7.36. The van der Waals surface area contributed by atoms with Gasteiger partial charge < -0.3 is 0 Å². The van der Waals surface area contributed by atoms with E-state index in [0.717, 1.165) is 47.0 Å². The zero-order chi connectivity index (χ0) is 23.9. The second-order valence-corrected chi connectivity index (χ2v) is 9.02. The fraction of sp³-hybridized carbons (Fsp3) is 0. The van der Waals surface area contributed by atoms with Crippen LogP contribution in [-0.2, 0) is 0 Å². The summed E-state index contributed by atoms with van der Waals surface area (Å²) in [6.07, 6.45) is -2.59. The van der Waals surface area contributed by atoms with Gasteiger partial charge in [-0.15, -0.1) is 18.5 Å². The van der Waals surface area contributed by atoms with Crippen LogP contribution in [0.5, 0.6) is 0 Å². The fourth-order valence-electron chi connectivity index (χ4n) is 4.36. The average Bonchev–Trinajstić information content (AvgIpc) is 2.78. The van der Waals surface area contributed by atoms with Gasteiger partial charge in [0.1, 0.15) is 6.15 Å².